The maximum absolute atomic E-state index is 12.9. The molecule has 0 aliphatic carbocycles. The van der Waals surface area contributed by atoms with Crippen LogP contribution in [-0.4, -0.2) is 26.7 Å². The van der Waals surface area contributed by atoms with Gasteiger partial charge < -0.3 is 15.4 Å². The molecule has 0 atom stereocenters. The van der Waals surface area contributed by atoms with Gasteiger partial charge in [-0.3, -0.25) is 4.99 Å². The van der Waals surface area contributed by atoms with Gasteiger partial charge in [0.15, 0.2) is 5.96 Å². The molecular formula is C19H25FIN3O. The third-order valence-corrected chi connectivity index (χ3v) is 3.72. The van der Waals surface area contributed by atoms with Gasteiger partial charge in [0.2, 0.25) is 0 Å². The van der Waals surface area contributed by atoms with E-state index in [0.717, 1.165) is 24.3 Å². The number of aryl methyl sites for hydroxylation is 1. The molecule has 0 spiro atoms. The Morgan fingerprint density at radius 2 is 1.84 bits per heavy atom. The number of methoxy groups -OCH3 is 1. The summed E-state index contributed by atoms with van der Waals surface area (Å²) in [5.41, 5.74) is 3.38. The van der Waals surface area contributed by atoms with E-state index in [1.807, 2.05) is 12.1 Å². The number of nitrogens with one attached hydrogen (secondary N) is 2. The number of hydrogen-bond donors (Lipinski definition) is 2. The second kappa shape index (κ2) is 10.9. The van der Waals surface area contributed by atoms with E-state index in [1.54, 1.807) is 26.3 Å². The van der Waals surface area contributed by atoms with Crippen molar-refractivity contribution in [3.63, 3.8) is 0 Å². The molecule has 25 heavy (non-hydrogen) atoms. The molecule has 0 heterocycles. The minimum absolute atomic E-state index is 0. The monoisotopic (exact) mass is 457 g/mol. The predicted molar refractivity (Wildman–Crippen MR) is 111 cm³/mol. The molecule has 6 heteroatoms. The van der Waals surface area contributed by atoms with Gasteiger partial charge in [0.25, 0.3) is 0 Å². The van der Waals surface area contributed by atoms with Crippen LogP contribution in [0, 0.1) is 12.7 Å². The van der Waals surface area contributed by atoms with Crippen molar-refractivity contribution in [3.8, 4) is 5.75 Å². The van der Waals surface area contributed by atoms with E-state index >= 15 is 0 Å². The highest BCUT2D eigenvalue weighted by Crippen LogP contribution is 2.19. The van der Waals surface area contributed by atoms with Crippen LogP contribution in [0.1, 0.15) is 16.7 Å². The van der Waals surface area contributed by atoms with Crippen LogP contribution in [0.15, 0.2) is 47.5 Å². The number of hydrogen-bond acceptors (Lipinski definition) is 2. The fourth-order valence-electron chi connectivity index (χ4n) is 2.43. The lowest BCUT2D eigenvalue weighted by atomic mass is 10.1. The molecule has 0 unspecified atom stereocenters. The minimum atomic E-state index is -0.228. The smallest absolute Gasteiger partial charge is 0.191 e. The highest BCUT2D eigenvalue weighted by Gasteiger charge is 2.04. The lowest BCUT2D eigenvalue weighted by Gasteiger charge is -2.13. The number of rotatable bonds is 6. The maximum atomic E-state index is 12.9. The van der Waals surface area contributed by atoms with Crippen LogP contribution in [0.4, 0.5) is 4.39 Å². The summed E-state index contributed by atoms with van der Waals surface area (Å²) in [7, 11) is 3.41. The number of benzene rings is 2. The molecule has 0 aromatic heterocycles. The molecule has 0 aliphatic heterocycles. The Kier molecular flexibility index (Phi) is 9.26. The minimum Gasteiger partial charge on any atom is -0.496 e. The van der Waals surface area contributed by atoms with Gasteiger partial charge in [-0.05, 0) is 42.7 Å². The zero-order valence-electron chi connectivity index (χ0n) is 14.8. The van der Waals surface area contributed by atoms with Crippen molar-refractivity contribution in [1.29, 1.82) is 0 Å². The van der Waals surface area contributed by atoms with Gasteiger partial charge in [0.05, 0.1) is 7.11 Å². The molecule has 0 radical (unpaired) electrons. The Balaban J connectivity index is 0.00000312. The lowest BCUT2D eigenvalue weighted by molar-refractivity contribution is 0.409. The summed E-state index contributed by atoms with van der Waals surface area (Å²) in [5.74, 6) is 1.39. The molecule has 4 nitrogen and oxygen atoms in total. The Morgan fingerprint density at radius 1 is 1.12 bits per heavy atom. The average Bonchev–Trinajstić information content (AvgIpc) is 2.59. The topological polar surface area (TPSA) is 45.7 Å². The SMILES string of the molecule is CN=C(NCCc1cc(C)ccc1OC)NCc1ccc(F)cc1.I. The maximum Gasteiger partial charge on any atom is 0.191 e. The first kappa shape index (κ1) is 21.2. The molecule has 2 aromatic rings. The van der Waals surface area contributed by atoms with E-state index < -0.39 is 0 Å². The Hall–Kier alpha value is -1.83. The molecular weight excluding hydrogens is 432 g/mol. The molecule has 0 amide bonds. The van der Waals surface area contributed by atoms with Crippen molar-refractivity contribution in [2.75, 3.05) is 20.7 Å². The molecule has 0 aliphatic rings. The first-order valence-electron chi connectivity index (χ1n) is 7.95. The normalized spacial score (nSPS) is 10.8. The molecule has 2 N–H and O–H groups in total. The van der Waals surface area contributed by atoms with Crippen molar-refractivity contribution in [2.24, 2.45) is 4.99 Å². The second-order valence-corrected chi connectivity index (χ2v) is 5.54. The number of aliphatic imine (C=N–C) groups is 1. The van der Waals surface area contributed by atoms with Crippen molar-refractivity contribution < 1.29 is 9.13 Å². The summed E-state index contributed by atoms with van der Waals surface area (Å²) in [6, 6.07) is 12.6. The fourth-order valence-corrected chi connectivity index (χ4v) is 2.43. The summed E-state index contributed by atoms with van der Waals surface area (Å²) in [5, 5.41) is 6.50. The average molecular weight is 457 g/mol. The fraction of sp³-hybridized carbons (Fsp3) is 0.316. The van der Waals surface area contributed by atoms with E-state index in [4.69, 9.17) is 4.74 Å². The summed E-state index contributed by atoms with van der Waals surface area (Å²) in [4.78, 5) is 4.20. The van der Waals surface area contributed by atoms with Gasteiger partial charge >= 0.3 is 0 Å². The van der Waals surface area contributed by atoms with Crippen molar-refractivity contribution in [1.82, 2.24) is 10.6 Å². The van der Waals surface area contributed by atoms with Crippen LogP contribution in [0.3, 0.4) is 0 Å². The predicted octanol–water partition coefficient (Wildman–Crippen LogP) is 3.67. The van der Waals surface area contributed by atoms with Gasteiger partial charge in [-0.1, -0.05) is 29.8 Å². The largest absolute Gasteiger partial charge is 0.496 e. The van der Waals surface area contributed by atoms with E-state index in [2.05, 4.69) is 28.6 Å². The molecule has 2 rings (SSSR count). The number of guanidine groups is 1. The summed E-state index contributed by atoms with van der Waals surface area (Å²) < 4.78 is 18.3. The zero-order valence-corrected chi connectivity index (χ0v) is 17.1. The summed E-state index contributed by atoms with van der Waals surface area (Å²) in [6.07, 6.45) is 0.835. The van der Waals surface area contributed by atoms with Gasteiger partial charge in [-0.2, -0.15) is 0 Å². The van der Waals surface area contributed by atoms with Crippen LogP contribution in [0.2, 0.25) is 0 Å². The molecule has 136 valence electrons. The zero-order chi connectivity index (χ0) is 17.4. The van der Waals surface area contributed by atoms with Crippen LogP contribution in [-0.2, 0) is 13.0 Å². The molecule has 0 bridgehead atoms. The standard InChI is InChI=1S/C19H24FN3O.HI/c1-14-4-9-18(24-3)16(12-14)10-11-22-19(21-2)23-13-15-5-7-17(20)8-6-15;/h4-9,12H,10-11,13H2,1-3H3,(H2,21,22,23);1H. The molecule has 2 aromatic carbocycles. The highest BCUT2D eigenvalue weighted by atomic mass is 127. The molecule has 0 saturated heterocycles. The van der Waals surface area contributed by atoms with Crippen molar-refractivity contribution >= 4 is 29.9 Å². The quantitative estimate of drug-likeness (QED) is 0.396. The van der Waals surface area contributed by atoms with E-state index in [9.17, 15) is 4.39 Å². The van der Waals surface area contributed by atoms with Gasteiger partial charge in [-0.15, -0.1) is 24.0 Å². The summed E-state index contributed by atoms with van der Waals surface area (Å²) in [6.45, 7) is 3.40. The highest BCUT2D eigenvalue weighted by molar-refractivity contribution is 14.0. The number of halogens is 2. The first-order chi connectivity index (χ1) is 11.6. The third-order valence-electron chi connectivity index (χ3n) is 3.72. The van der Waals surface area contributed by atoms with Crippen LogP contribution < -0.4 is 15.4 Å². The Morgan fingerprint density at radius 3 is 2.48 bits per heavy atom. The van der Waals surface area contributed by atoms with Crippen LogP contribution in [0.25, 0.3) is 0 Å². The van der Waals surface area contributed by atoms with Gasteiger partial charge in [-0.25, -0.2) is 4.39 Å². The Bertz CT molecular complexity index is 690. The van der Waals surface area contributed by atoms with E-state index in [0.29, 0.717) is 12.5 Å². The second-order valence-electron chi connectivity index (χ2n) is 5.54. The van der Waals surface area contributed by atoms with Crippen LogP contribution in [0.5, 0.6) is 5.75 Å². The third kappa shape index (κ3) is 6.89. The van der Waals surface area contributed by atoms with E-state index in [1.165, 1.54) is 23.3 Å². The van der Waals surface area contributed by atoms with Crippen LogP contribution >= 0.6 is 24.0 Å². The van der Waals surface area contributed by atoms with E-state index in [-0.39, 0.29) is 29.8 Å². The number of ether oxygens (including phenoxy) is 1. The summed E-state index contributed by atoms with van der Waals surface area (Å²) >= 11 is 0. The van der Waals surface area contributed by atoms with Gasteiger partial charge in [0.1, 0.15) is 11.6 Å². The Labute approximate surface area is 165 Å². The molecule has 0 fully saturated rings. The van der Waals surface area contributed by atoms with Crippen molar-refractivity contribution in [2.45, 2.75) is 19.9 Å². The lowest BCUT2D eigenvalue weighted by Crippen LogP contribution is -2.37. The van der Waals surface area contributed by atoms with Crippen molar-refractivity contribution in [3.05, 3.63) is 65.0 Å². The molecule has 0 saturated carbocycles. The number of nitrogens with zero attached hydrogens (tertiary/aromatic N) is 1. The van der Waals surface area contributed by atoms with Gasteiger partial charge in [0, 0.05) is 20.1 Å². The first-order valence-corrected chi connectivity index (χ1v) is 7.95.